The van der Waals surface area contributed by atoms with E-state index in [1.165, 1.54) is 24.3 Å². The zero-order valence-electron chi connectivity index (χ0n) is 17.5. The highest BCUT2D eigenvalue weighted by Crippen LogP contribution is 2.22. The van der Waals surface area contributed by atoms with Gasteiger partial charge in [0, 0.05) is 56.9 Å². The van der Waals surface area contributed by atoms with Crippen LogP contribution in [0.1, 0.15) is 29.4 Å². The minimum Gasteiger partial charge on any atom is -0.370 e. The number of nitrogens with zero attached hydrogens (tertiary/aromatic N) is 5. The lowest BCUT2D eigenvalue weighted by Crippen LogP contribution is -2.50. The Balaban J connectivity index is 1.28. The number of aromatic nitrogens is 2. The highest BCUT2D eigenvalue weighted by molar-refractivity contribution is 7.09. The van der Waals surface area contributed by atoms with Gasteiger partial charge < -0.3 is 15.0 Å². The fourth-order valence-corrected chi connectivity index (χ4v) is 5.05. The van der Waals surface area contributed by atoms with E-state index in [4.69, 9.17) is 4.74 Å². The number of hydrogen-bond acceptors (Lipinski definition) is 5. The second-order valence-electron chi connectivity index (χ2n) is 8.00. The van der Waals surface area contributed by atoms with Crippen molar-refractivity contribution in [3.8, 4) is 0 Å². The van der Waals surface area contributed by atoms with Crippen LogP contribution < -0.4 is 5.32 Å². The van der Waals surface area contributed by atoms with Crippen LogP contribution in [0.25, 0.3) is 0 Å². The second-order valence-corrected chi connectivity index (χ2v) is 9.04. The SMILES string of the molecule is CN=C(NCC1CCCN(Cc2cccs2)C1)N1CCOC(c2cnn(C)c2)C1. The first-order valence-corrected chi connectivity index (χ1v) is 11.4. The van der Waals surface area contributed by atoms with Crippen molar-refractivity contribution in [1.29, 1.82) is 0 Å². The molecule has 2 saturated heterocycles. The predicted octanol–water partition coefficient (Wildman–Crippen LogP) is 2.34. The average molecular weight is 417 g/mol. The Morgan fingerprint density at radius 1 is 1.38 bits per heavy atom. The molecule has 2 fully saturated rings. The largest absolute Gasteiger partial charge is 0.370 e. The van der Waals surface area contributed by atoms with E-state index in [0.29, 0.717) is 12.5 Å². The topological polar surface area (TPSA) is 57.9 Å². The van der Waals surface area contributed by atoms with Crippen LogP contribution in [-0.2, 0) is 18.3 Å². The molecule has 29 heavy (non-hydrogen) atoms. The van der Waals surface area contributed by atoms with Crippen LogP contribution in [0.3, 0.4) is 0 Å². The number of thiophene rings is 1. The first-order valence-electron chi connectivity index (χ1n) is 10.5. The van der Waals surface area contributed by atoms with Crippen LogP contribution in [-0.4, -0.2) is 71.9 Å². The Morgan fingerprint density at radius 3 is 3.07 bits per heavy atom. The van der Waals surface area contributed by atoms with Gasteiger partial charge in [-0.25, -0.2) is 0 Å². The van der Waals surface area contributed by atoms with Crippen molar-refractivity contribution < 1.29 is 4.74 Å². The van der Waals surface area contributed by atoms with Crippen LogP contribution in [0.4, 0.5) is 0 Å². The molecule has 2 unspecified atom stereocenters. The summed E-state index contributed by atoms with van der Waals surface area (Å²) in [5.74, 6) is 1.65. The molecule has 0 saturated carbocycles. The monoisotopic (exact) mass is 416 g/mol. The summed E-state index contributed by atoms with van der Waals surface area (Å²) < 4.78 is 7.81. The summed E-state index contributed by atoms with van der Waals surface area (Å²) in [5.41, 5.74) is 1.13. The molecule has 0 spiro atoms. The Labute approximate surface area is 177 Å². The maximum absolute atomic E-state index is 5.98. The molecule has 158 valence electrons. The van der Waals surface area contributed by atoms with E-state index in [2.05, 4.69) is 42.7 Å². The van der Waals surface area contributed by atoms with Gasteiger partial charge in [-0.05, 0) is 36.8 Å². The number of piperidine rings is 1. The molecule has 0 aliphatic carbocycles. The maximum atomic E-state index is 5.98. The molecule has 7 nitrogen and oxygen atoms in total. The van der Waals surface area contributed by atoms with Crippen LogP contribution in [0, 0.1) is 5.92 Å². The van der Waals surface area contributed by atoms with Gasteiger partial charge in [0.25, 0.3) is 0 Å². The molecule has 0 aromatic carbocycles. The lowest BCUT2D eigenvalue weighted by molar-refractivity contribution is -0.00814. The summed E-state index contributed by atoms with van der Waals surface area (Å²) in [5, 5.41) is 10.1. The smallest absolute Gasteiger partial charge is 0.193 e. The summed E-state index contributed by atoms with van der Waals surface area (Å²) in [6.07, 6.45) is 6.54. The molecule has 2 aromatic heterocycles. The van der Waals surface area contributed by atoms with Crippen molar-refractivity contribution in [2.45, 2.75) is 25.5 Å². The van der Waals surface area contributed by atoms with Crippen LogP contribution in [0.2, 0.25) is 0 Å². The van der Waals surface area contributed by atoms with Crippen molar-refractivity contribution in [2.75, 3.05) is 46.4 Å². The lowest BCUT2D eigenvalue weighted by atomic mass is 9.98. The van der Waals surface area contributed by atoms with Crippen LogP contribution in [0.15, 0.2) is 34.9 Å². The third kappa shape index (κ3) is 5.38. The highest BCUT2D eigenvalue weighted by Gasteiger charge is 2.26. The first-order chi connectivity index (χ1) is 14.2. The number of likely N-dealkylation sites (tertiary alicyclic amines) is 1. The number of nitrogens with one attached hydrogen (secondary N) is 1. The minimum absolute atomic E-state index is 0.0481. The fraction of sp³-hybridized carbons (Fsp3) is 0.619. The Hall–Kier alpha value is -1.90. The fourth-order valence-electron chi connectivity index (χ4n) is 4.30. The van der Waals surface area contributed by atoms with E-state index in [1.54, 1.807) is 0 Å². The van der Waals surface area contributed by atoms with Crippen molar-refractivity contribution in [3.05, 3.63) is 40.3 Å². The lowest BCUT2D eigenvalue weighted by Gasteiger charge is -2.36. The molecule has 0 bridgehead atoms. The Morgan fingerprint density at radius 2 is 2.31 bits per heavy atom. The maximum Gasteiger partial charge on any atom is 0.193 e. The van der Waals surface area contributed by atoms with Gasteiger partial charge in [-0.2, -0.15) is 5.10 Å². The van der Waals surface area contributed by atoms with Crippen molar-refractivity contribution in [3.63, 3.8) is 0 Å². The summed E-state index contributed by atoms with van der Waals surface area (Å²) in [4.78, 5) is 10.9. The molecule has 1 N–H and O–H groups in total. The van der Waals surface area contributed by atoms with Crippen molar-refractivity contribution in [1.82, 2.24) is 24.9 Å². The summed E-state index contributed by atoms with van der Waals surface area (Å²) in [7, 11) is 3.82. The molecule has 0 amide bonds. The van der Waals surface area contributed by atoms with E-state index in [-0.39, 0.29) is 6.10 Å². The third-order valence-electron chi connectivity index (χ3n) is 5.79. The van der Waals surface area contributed by atoms with E-state index < -0.39 is 0 Å². The number of morpholine rings is 1. The van der Waals surface area contributed by atoms with Crippen molar-refractivity contribution >= 4 is 17.3 Å². The molecule has 8 heteroatoms. The Bertz CT molecular complexity index is 789. The molecule has 2 aliphatic rings. The van der Waals surface area contributed by atoms with E-state index >= 15 is 0 Å². The van der Waals surface area contributed by atoms with Gasteiger partial charge in [-0.3, -0.25) is 14.6 Å². The summed E-state index contributed by atoms with van der Waals surface area (Å²) in [6.45, 7) is 6.80. The number of rotatable bonds is 5. The normalized spacial score (nSPS) is 24.1. The number of aliphatic imine (C=N–C) groups is 1. The van der Waals surface area contributed by atoms with Gasteiger partial charge in [0.15, 0.2) is 5.96 Å². The summed E-state index contributed by atoms with van der Waals surface area (Å²) >= 11 is 1.86. The number of ether oxygens (including phenoxy) is 1. The van der Waals surface area contributed by atoms with Crippen molar-refractivity contribution in [2.24, 2.45) is 18.0 Å². The van der Waals surface area contributed by atoms with Crippen LogP contribution in [0.5, 0.6) is 0 Å². The Kier molecular flexibility index (Phi) is 6.84. The van der Waals surface area contributed by atoms with Gasteiger partial charge in [0.2, 0.25) is 0 Å². The molecule has 4 rings (SSSR count). The first kappa shape index (κ1) is 20.4. The van der Waals surface area contributed by atoms with E-state index in [1.807, 2.05) is 42.5 Å². The zero-order valence-corrected chi connectivity index (χ0v) is 18.3. The summed E-state index contributed by atoms with van der Waals surface area (Å²) in [6, 6.07) is 4.39. The van der Waals surface area contributed by atoms with E-state index in [0.717, 1.165) is 44.2 Å². The van der Waals surface area contributed by atoms with Crippen LogP contribution >= 0.6 is 11.3 Å². The number of hydrogen-bond donors (Lipinski definition) is 1. The van der Waals surface area contributed by atoms with Gasteiger partial charge in [-0.15, -0.1) is 11.3 Å². The van der Waals surface area contributed by atoms with E-state index in [9.17, 15) is 0 Å². The zero-order chi connectivity index (χ0) is 20.1. The molecule has 2 atom stereocenters. The average Bonchev–Trinajstić information content (AvgIpc) is 3.41. The predicted molar refractivity (Wildman–Crippen MR) is 117 cm³/mol. The van der Waals surface area contributed by atoms with Gasteiger partial charge in [0.05, 0.1) is 19.3 Å². The molecule has 2 aromatic rings. The second kappa shape index (κ2) is 9.73. The number of guanidine groups is 1. The molecule has 2 aliphatic heterocycles. The molecule has 4 heterocycles. The molecule has 0 radical (unpaired) electrons. The minimum atomic E-state index is 0.0481. The van der Waals surface area contributed by atoms with Gasteiger partial charge in [0.1, 0.15) is 6.10 Å². The quantitative estimate of drug-likeness (QED) is 0.599. The number of aryl methyl sites for hydroxylation is 1. The molecular formula is C21H32N6OS. The third-order valence-corrected chi connectivity index (χ3v) is 6.65. The standard InChI is InChI=1S/C21H32N6OS/c1-22-21(27-8-9-28-20(16-27)18-12-24-25(2)14-18)23-11-17-5-3-7-26(13-17)15-19-6-4-10-29-19/h4,6,10,12,14,17,20H,3,5,7-9,11,13,15-16H2,1-2H3,(H,22,23). The van der Waals surface area contributed by atoms with Gasteiger partial charge >= 0.3 is 0 Å². The molecular weight excluding hydrogens is 384 g/mol. The highest BCUT2D eigenvalue weighted by atomic mass is 32.1. The van der Waals surface area contributed by atoms with Gasteiger partial charge in [-0.1, -0.05) is 6.07 Å².